The molecule has 5 nitrogen and oxygen atoms in total. The molecular weight excluding hydrogens is 258 g/mol. The van der Waals surface area contributed by atoms with Crippen LogP contribution in [0.1, 0.15) is 38.9 Å². The van der Waals surface area contributed by atoms with Crippen LogP contribution < -0.4 is 5.32 Å². The molecular formula is C13H21N5S. The van der Waals surface area contributed by atoms with E-state index < -0.39 is 5.54 Å². The highest BCUT2D eigenvalue weighted by Gasteiger charge is 2.24. The van der Waals surface area contributed by atoms with Crippen molar-refractivity contribution in [1.82, 2.24) is 20.1 Å². The second-order valence-electron chi connectivity index (χ2n) is 5.12. The summed E-state index contributed by atoms with van der Waals surface area (Å²) in [5.74, 6) is 1.79. The van der Waals surface area contributed by atoms with Crippen LogP contribution in [0.5, 0.6) is 0 Å². The van der Waals surface area contributed by atoms with Crippen molar-refractivity contribution in [1.29, 1.82) is 5.26 Å². The lowest BCUT2D eigenvalue weighted by Crippen LogP contribution is -2.43. The number of hydrogen-bond donors (Lipinski definition) is 1. The standard InChI is InChI=1S/C13H21N5S/c1-3-15-13(2,9-14)10-19-12-17-16-11-7-5-4-6-8-18(11)12/h15H,3-8,10H2,1-2H3. The molecule has 0 bridgehead atoms. The van der Waals surface area contributed by atoms with E-state index in [1.165, 1.54) is 19.3 Å². The average molecular weight is 279 g/mol. The lowest BCUT2D eigenvalue weighted by molar-refractivity contribution is 0.510. The Labute approximate surface area is 118 Å². The molecule has 0 spiro atoms. The zero-order valence-corrected chi connectivity index (χ0v) is 12.5. The van der Waals surface area contributed by atoms with E-state index in [1.807, 2.05) is 13.8 Å². The molecule has 0 radical (unpaired) electrons. The first-order chi connectivity index (χ1) is 9.18. The predicted molar refractivity (Wildman–Crippen MR) is 76.0 cm³/mol. The Balaban J connectivity index is 2.04. The summed E-state index contributed by atoms with van der Waals surface area (Å²) in [6.45, 7) is 5.75. The van der Waals surface area contributed by atoms with Gasteiger partial charge < -0.3 is 4.57 Å². The van der Waals surface area contributed by atoms with Gasteiger partial charge in [-0.05, 0) is 26.3 Å². The van der Waals surface area contributed by atoms with Gasteiger partial charge in [-0.2, -0.15) is 5.26 Å². The molecule has 0 aliphatic carbocycles. The fourth-order valence-corrected chi connectivity index (χ4v) is 3.32. The molecule has 1 unspecified atom stereocenters. The number of nitrogens with zero attached hydrogens (tertiary/aromatic N) is 4. The fraction of sp³-hybridized carbons (Fsp3) is 0.769. The zero-order valence-electron chi connectivity index (χ0n) is 11.6. The van der Waals surface area contributed by atoms with Gasteiger partial charge in [0.2, 0.25) is 0 Å². The van der Waals surface area contributed by atoms with E-state index in [0.29, 0.717) is 5.75 Å². The van der Waals surface area contributed by atoms with E-state index in [9.17, 15) is 5.26 Å². The number of rotatable bonds is 5. The smallest absolute Gasteiger partial charge is 0.191 e. The van der Waals surface area contributed by atoms with Crippen molar-refractivity contribution < 1.29 is 0 Å². The number of aryl methyl sites for hydroxylation is 1. The minimum Gasteiger partial charge on any atom is -0.306 e. The van der Waals surface area contributed by atoms with Crippen molar-refractivity contribution in [2.75, 3.05) is 12.3 Å². The molecule has 19 heavy (non-hydrogen) atoms. The second kappa shape index (κ2) is 6.40. The summed E-state index contributed by atoms with van der Waals surface area (Å²) in [7, 11) is 0. The van der Waals surface area contributed by atoms with Gasteiger partial charge in [-0.25, -0.2) is 0 Å². The summed E-state index contributed by atoms with van der Waals surface area (Å²) in [6.07, 6.45) is 4.69. The number of fused-ring (bicyclic) bond motifs is 1. The molecule has 0 aromatic carbocycles. The van der Waals surface area contributed by atoms with Crippen LogP contribution >= 0.6 is 11.8 Å². The summed E-state index contributed by atoms with van der Waals surface area (Å²) in [6, 6.07) is 2.34. The van der Waals surface area contributed by atoms with Crippen LogP contribution in [-0.2, 0) is 13.0 Å². The van der Waals surface area contributed by atoms with E-state index >= 15 is 0 Å². The van der Waals surface area contributed by atoms with Gasteiger partial charge in [0.05, 0.1) is 6.07 Å². The number of hydrogen-bond acceptors (Lipinski definition) is 5. The SMILES string of the molecule is CCNC(C)(C#N)CSc1nnc2n1CCCCC2. The molecule has 0 amide bonds. The molecule has 0 saturated heterocycles. The lowest BCUT2D eigenvalue weighted by atomic mass is 10.1. The van der Waals surface area contributed by atoms with Crippen molar-refractivity contribution in [2.45, 2.75) is 56.8 Å². The third-order valence-corrected chi connectivity index (χ3v) is 4.66. The summed E-state index contributed by atoms with van der Waals surface area (Å²) in [5, 5.41) is 22.0. The Morgan fingerprint density at radius 2 is 2.26 bits per heavy atom. The van der Waals surface area contributed by atoms with E-state index in [4.69, 9.17) is 0 Å². The van der Waals surface area contributed by atoms with Crippen molar-refractivity contribution in [3.05, 3.63) is 5.82 Å². The van der Waals surface area contributed by atoms with Crippen LogP contribution in [0.4, 0.5) is 0 Å². The minimum absolute atomic E-state index is 0.503. The first kappa shape index (κ1) is 14.4. The number of thioether (sulfide) groups is 1. The average Bonchev–Trinajstić information content (AvgIpc) is 2.64. The normalized spacial score (nSPS) is 18.2. The molecule has 2 rings (SSSR count). The monoisotopic (exact) mass is 279 g/mol. The quantitative estimate of drug-likeness (QED) is 0.835. The molecule has 1 atom stereocenters. The first-order valence-electron chi connectivity index (χ1n) is 6.89. The predicted octanol–water partition coefficient (Wildman–Crippen LogP) is 1.99. The van der Waals surface area contributed by atoms with Crippen molar-refractivity contribution in [3.63, 3.8) is 0 Å². The largest absolute Gasteiger partial charge is 0.306 e. The van der Waals surface area contributed by atoms with E-state index in [-0.39, 0.29) is 0 Å². The molecule has 1 N–H and O–H groups in total. The van der Waals surface area contributed by atoms with Gasteiger partial charge in [0, 0.05) is 18.7 Å². The second-order valence-corrected chi connectivity index (χ2v) is 6.07. The van der Waals surface area contributed by atoms with Crippen LogP contribution in [0.2, 0.25) is 0 Å². The lowest BCUT2D eigenvalue weighted by Gasteiger charge is -2.21. The van der Waals surface area contributed by atoms with Gasteiger partial charge in [0.1, 0.15) is 11.4 Å². The molecule has 1 aromatic heterocycles. The fourth-order valence-electron chi connectivity index (χ4n) is 2.29. The zero-order chi connectivity index (χ0) is 13.7. The van der Waals surface area contributed by atoms with Gasteiger partial charge in [-0.15, -0.1) is 10.2 Å². The van der Waals surface area contributed by atoms with Crippen molar-refractivity contribution in [3.8, 4) is 6.07 Å². The van der Waals surface area contributed by atoms with Crippen LogP contribution in [0.25, 0.3) is 0 Å². The highest BCUT2D eigenvalue weighted by atomic mass is 32.2. The maximum atomic E-state index is 9.26. The van der Waals surface area contributed by atoms with Crippen LogP contribution in [0, 0.1) is 11.3 Å². The molecule has 1 aliphatic heterocycles. The first-order valence-corrected chi connectivity index (χ1v) is 7.88. The Morgan fingerprint density at radius 3 is 3.00 bits per heavy atom. The number of nitriles is 1. The molecule has 2 heterocycles. The summed E-state index contributed by atoms with van der Waals surface area (Å²) >= 11 is 1.63. The molecule has 0 fully saturated rings. The molecule has 0 saturated carbocycles. The van der Waals surface area contributed by atoms with Gasteiger partial charge >= 0.3 is 0 Å². The maximum absolute atomic E-state index is 9.26. The van der Waals surface area contributed by atoms with Gasteiger partial charge in [0.25, 0.3) is 0 Å². The molecule has 6 heteroatoms. The molecule has 104 valence electrons. The number of aromatic nitrogens is 3. The van der Waals surface area contributed by atoms with Gasteiger partial charge in [0.15, 0.2) is 5.16 Å². The molecule has 1 aliphatic rings. The highest BCUT2D eigenvalue weighted by Crippen LogP contribution is 2.24. The van der Waals surface area contributed by atoms with E-state index in [2.05, 4.69) is 26.2 Å². The van der Waals surface area contributed by atoms with Gasteiger partial charge in [-0.1, -0.05) is 25.1 Å². The highest BCUT2D eigenvalue weighted by molar-refractivity contribution is 7.99. The van der Waals surface area contributed by atoms with Crippen LogP contribution in [-0.4, -0.2) is 32.6 Å². The third-order valence-electron chi connectivity index (χ3n) is 3.38. The third kappa shape index (κ3) is 3.48. The van der Waals surface area contributed by atoms with Crippen LogP contribution in [0.3, 0.4) is 0 Å². The Bertz CT molecular complexity index is 464. The Hall–Kier alpha value is -1.06. The van der Waals surface area contributed by atoms with Crippen LogP contribution in [0.15, 0.2) is 5.16 Å². The van der Waals surface area contributed by atoms with Gasteiger partial charge in [-0.3, -0.25) is 5.32 Å². The topological polar surface area (TPSA) is 66.5 Å². The maximum Gasteiger partial charge on any atom is 0.191 e. The Morgan fingerprint density at radius 1 is 1.42 bits per heavy atom. The van der Waals surface area contributed by atoms with E-state index in [0.717, 1.165) is 30.5 Å². The summed E-state index contributed by atoms with van der Waals surface area (Å²) in [4.78, 5) is 0. The van der Waals surface area contributed by atoms with E-state index in [1.54, 1.807) is 11.8 Å². The summed E-state index contributed by atoms with van der Waals surface area (Å²) < 4.78 is 2.22. The minimum atomic E-state index is -0.503. The summed E-state index contributed by atoms with van der Waals surface area (Å²) in [5.41, 5.74) is -0.503. The Kier molecular flexibility index (Phi) is 4.83. The molecule has 1 aromatic rings. The van der Waals surface area contributed by atoms with Crippen molar-refractivity contribution >= 4 is 11.8 Å². The van der Waals surface area contributed by atoms with Crippen molar-refractivity contribution in [2.24, 2.45) is 0 Å². The number of nitrogens with one attached hydrogen (secondary N) is 1.